The monoisotopic (exact) mass is 290 g/mol. The number of aromatic nitrogens is 2. The van der Waals surface area contributed by atoms with Crippen LogP contribution in [0.2, 0.25) is 5.02 Å². The molecule has 0 aliphatic rings. The molecule has 2 rings (SSSR count). The number of nitrogens with one attached hydrogen (secondary N) is 2. The predicted octanol–water partition coefficient (Wildman–Crippen LogP) is 2.88. The van der Waals surface area contributed by atoms with Crippen LogP contribution >= 0.6 is 11.6 Å². The van der Waals surface area contributed by atoms with Gasteiger partial charge in [-0.15, -0.1) is 0 Å². The molecule has 1 aromatic carbocycles. The van der Waals surface area contributed by atoms with Gasteiger partial charge >= 0.3 is 0 Å². The van der Waals surface area contributed by atoms with Gasteiger partial charge in [0, 0.05) is 0 Å². The summed E-state index contributed by atoms with van der Waals surface area (Å²) >= 11 is 5.85. The van der Waals surface area contributed by atoms with Gasteiger partial charge in [0.2, 0.25) is 0 Å². The molecule has 104 valence electrons. The molecule has 0 amide bonds. The molecular weight excluding hydrogens is 276 g/mol. The summed E-state index contributed by atoms with van der Waals surface area (Å²) in [6.07, 6.45) is 1.42. The quantitative estimate of drug-likeness (QED) is 0.674. The highest BCUT2D eigenvalue weighted by molar-refractivity contribution is 6.32. The molecule has 0 atom stereocenters. The fourth-order valence-electron chi connectivity index (χ4n) is 1.64. The first-order valence-electron chi connectivity index (χ1n) is 6.10. The largest absolute Gasteiger partial charge is 0.285 e. The van der Waals surface area contributed by atoms with Crippen molar-refractivity contribution in [1.29, 1.82) is 0 Å². The first-order valence-corrected chi connectivity index (χ1v) is 6.48. The number of benzene rings is 1. The second kappa shape index (κ2) is 5.88. The molecule has 6 heteroatoms. The molecule has 0 spiro atoms. The third-order valence-electron chi connectivity index (χ3n) is 3.06. The van der Waals surface area contributed by atoms with E-state index < -0.39 is 5.56 Å². The fraction of sp³-hybridized carbons (Fsp3) is 0.214. The molecule has 0 aliphatic heterocycles. The van der Waals surface area contributed by atoms with Gasteiger partial charge in [0.1, 0.15) is 10.7 Å². The predicted molar refractivity (Wildman–Crippen MR) is 81.6 cm³/mol. The van der Waals surface area contributed by atoms with Gasteiger partial charge in [-0.3, -0.25) is 10.2 Å². The van der Waals surface area contributed by atoms with Crippen LogP contribution in [0.1, 0.15) is 23.6 Å². The topological polar surface area (TPSA) is 70.1 Å². The average Bonchev–Trinajstić information content (AvgIpc) is 2.43. The summed E-state index contributed by atoms with van der Waals surface area (Å²) in [6, 6.07) is 6.11. The van der Waals surface area contributed by atoms with Crippen molar-refractivity contribution in [3.05, 3.63) is 56.5 Å². The Morgan fingerprint density at radius 1 is 1.35 bits per heavy atom. The van der Waals surface area contributed by atoms with Crippen LogP contribution in [0, 0.1) is 13.8 Å². The first-order chi connectivity index (χ1) is 9.49. The summed E-state index contributed by atoms with van der Waals surface area (Å²) in [7, 11) is 0. The highest BCUT2D eigenvalue weighted by atomic mass is 35.5. The van der Waals surface area contributed by atoms with E-state index in [0.29, 0.717) is 5.69 Å². The van der Waals surface area contributed by atoms with Crippen molar-refractivity contribution in [1.82, 2.24) is 10.2 Å². The molecule has 0 saturated heterocycles. The lowest BCUT2D eigenvalue weighted by Gasteiger charge is -2.06. The van der Waals surface area contributed by atoms with E-state index in [0.717, 1.165) is 11.3 Å². The van der Waals surface area contributed by atoms with Crippen molar-refractivity contribution in [3.8, 4) is 0 Å². The van der Waals surface area contributed by atoms with Crippen molar-refractivity contribution in [2.45, 2.75) is 20.8 Å². The Morgan fingerprint density at radius 2 is 2.10 bits per heavy atom. The molecule has 0 bridgehead atoms. The third-order valence-corrected chi connectivity index (χ3v) is 3.44. The van der Waals surface area contributed by atoms with Gasteiger partial charge in [-0.05, 0) is 43.5 Å². The number of aryl methyl sites for hydroxylation is 2. The summed E-state index contributed by atoms with van der Waals surface area (Å²) in [6.45, 7) is 5.99. The van der Waals surface area contributed by atoms with Crippen LogP contribution in [-0.2, 0) is 0 Å². The van der Waals surface area contributed by atoms with Crippen molar-refractivity contribution < 1.29 is 0 Å². The Bertz CT molecular complexity index is 721. The zero-order valence-electron chi connectivity index (χ0n) is 11.5. The minimum atomic E-state index is -0.448. The van der Waals surface area contributed by atoms with Crippen molar-refractivity contribution in [2.75, 3.05) is 5.43 Å². The maximum atomic E-state index is 11.3. The molecule has 0 aliphatic carbocycles. The van der Waals surface area contributed by atoms with Crippen LogP contribution < -0.4 is 11.0 Å². The summed E-state index contributed by atoms with van der Waals surface area (Å²) in [4.78, 5) is 11.3. The zero-order chi connectivity index (χ0) is 14.7. The van der Waals surface area contributed by atoms with Crippen LogP contribution in [0.3, 0.4) is 0 Å². The van der Waals surface area contributed by atoms with Gasteiger partial charge < -0.3 is 0 Å². The van der Waals surface area contributed by atoms with E-state index in [-0.39, 0.29) is 5.02 Å². The molecular formula is C14H15ClN4O. The second-order valence-corrected chi connectivity index (χ2v) is 4.91. The normalized spacial score (nSPS) is 11.5. The number of aromatic amines is 1. The van der Waals surface area contributed by atoms with Crippen molar-refractivity contribution in [3.63, 3.8) is 0 Å². The lowest BCUT2D eigenvalue weighted by atomic mass is 10.0. The Kier molecular flexibility index (Phi) is 4.20. The summed E-state index contributed by atoms with van der Waals surface area (Å²) in [5, 5.41) is 10.2. The van der Waals surface area contributed by atoms with Crippen molar-refractivity contribution >= 4 is 23.0 Å². The molecule has 0 radical (unpaired) electrons. The summed E-state index contributed by atoms with van der Waals surface area (Å²) in [5.41, 5.74) is 6.92. The van der Waals surface area contributed by atoms with E-state index in [1.54, 1.807) is 0 Å². The lowest BCUT2D eigenvalue weighted by molar-refractivity contribution is 0.986. The van der Waals surface area contributed by atoms with Gasteiger partial charge in [0.05, 0.1) is 11.9 Å². The van der Waals surface area contributed by atoms with E-state index in [1.165, 1.54) is 17.3 Å². The minimum Gasteiger partial charge on any atom is -0.275 e. The molecule has 0 unspecified atom stereocenters. The van der Waals surface area contributed by atoms with Gasteiger partial charge in [0.25, 0.3) is 5.56 Å². The number of hydrogen-bond donors (Lipinski definition) is 2. The van der Waals surface area contributed by atoms with Crippen LogP contribution in [0.25, 0.3) is 0 Å². The van der Waals surface area contributed by atoms with Gasteiger partial charge in [-0.25, -0.2) is 5.10 Å². The third kappa shape index (κ3) is 3.05. The standard InChI is InChI=1S/C14H15ClN4O/c1-8-4-5-11(6-9(8)2)10(3)17-18-12-7-16-19-14(20)13(12)15/h4-7H,1-3H3,(H2,18,19,20)/b17-10+. The maximum absolute atomic E-state index is 11.3. The van der Waals surface area contributed by atoms with E-state index in [4.69, 9.17) is 11.6 Å². The lowest BCUT2D eigenvalue weighted by Crippen LogP contribution is -2.10. The second-order valence-electron chi connectivity index (χ2n) is 4.53. The minimum absolute atomic E-state index is 0.0386. The molecule has 2 N–H and O–H groups in total. The Labute approximate surface area is 121 Å². The highest BCUT2D eigenvalue weighted by Gasteiger charge is 2.04. The maximum Gasteiger partial charge on any atom is 0.285 e. The van der Waals surface area contributed by atoms with Gasteiger partial charge in [-0.1, -0.05) is 23.7 Å². The Hall–Kier alpha value is -2.14. The van der Waals surface area contributed by atoms with E-state index in [1.807, 2.05) is 19.1 Å². The van der Waals surface area contributed by atoms with Gasteiger partial charge in [-0.2, -0.15) is 10.2 Å². The Balaban J connectivity index is 2.24. The SMILES string of the molecule is C/C(=N\Nc1cn[nH]c(=O)c1Cl)c1ccc(C)c(C)c1. The van der Waals surface area contributed by atoms with Crippen LogP contribution in [0.4, 0.5) is 5.69 Å². The van der Waals surface area contributed by atoms with E-state index in [9.17, 15) is 4.79 Å². The molecule has 1 aromatic heterocycles. The van der Waals surface area contributed by atoms with E-state index in [2.05, 4.69) is 40.6 Å². The fourth-order valence-corrected chi connectivity index (χ4v) is 1.77. The van der Waals surface area contributed by atoms with E-state index >= 15 is 0 Å². The molecule has 1 heterocycles. The highest BCUT2D eigenvalue weighted by Crippen LogP contribution is 2.15. The number of H-pyrrole nitrogens is 1. The molecule has 20 heavy (non-hydrogen) atoms. The molecule has 5 nitrogen and oxygen atoms in total. The van der Waals surface area contributed by atoms with Crippen molar-refractivity contribution in [2.24, 2.45) is 5.10 Å². The van der Waals surface area contributed by atoms with Crippen LogP contribution in [0.5, 0.6) is 0 Å². The number of halogens is 1. The number of nitrogens with zero attached hydrogens (tertiary/aromatic N) is 2. The van der Waals surface area contributed by atoms with Gasteiger partial charge in [0.15, 0.2) is 0 Å². The molecule has 0 fully saturated rings. The first kappa shape index (κ1) is 14.3. The zero-order valence-corrected chi connectivity index (χ0v) is 12.2. The van der Waals surface area contributed by atoms with Crippen LogP contribution in [-0.4, -0.2) is 15.9 Å². The smallest absolute Gasteiger partial charge is 0.275 e. The molecule has 0 saturated carbocycles. The van der Waals surface area contributed by atoms with Crippen LogP contribution in [0.15, 0.2) is 34.3 Å². The molecule has 2 aromatic rings. The Morgan fingerprint density at radius 3 is 2.80 bits per heavy atom. The summed E-state index contributed by atoms with van der Waals surface area (Å²) < 4.78 is 0. The number of hydrogen-bond acceptors (Lipinski definition) is 4. The number of anilines is 1. The average molecular weight is 291 g/mol. The number of rotatable bonds is 3. The summed E-state index contributed by atoms with van der Waals surface area (Å²) in [5.74, 6) is 0. The number of hydrazone groups is 1.